The Balaban J connectivity index is 1.81. The molecule has 1 unspecified atom stereocenters. The van der Waals surface area contributed by atoms with Crippen molar-refractivity contribution >= 4 is 46.3 Å². The number of aliphatic hydroxyl groups is 2. The molecule has 13 heteroatoms. The lowest BCUT2D eigenvalue weighted by Crippen LogP contribution is -2.34. The van der Waals surface area contributed by atoms with Crippen molar-refractivity contribution in [2.75, 3.05) is 6.61 Å². The molecule has 3 rings (SSSR count). The van der Waals surface area contributed by atoms with Crippen molar-refractivity contribution in [2.24, 2.45) is 0 Å². The number of ether oxygens (including phenoxy) is 1. The molecule has 0 amide bonds. The number of hydrogen-bond donors (Lipinski definition) is 3. The summed E-state index contributed by atoms with van der Waals surface area (Å²) < 4.78 is 21.0. The van der Waals surface area contributed by atoms with E-state index in [-0.39, 0.29) is 21.8 Å². The third kappa shape index (κ3) is 5.82. The smallest absolute Gasteiger partial charge is 0.271 e. The second-order valence-electron chi connectivity index (χ2n) is 6.19. The summed E-state index contributed by atoms with van der Waals surface area (Å²) in [7, 11) is 0. The van der Waals surface area contributed by atoms with Crippen LogP contribution in [0.15, 0.2) is 28.6 Å². The van der Waals surface area contributed by atoms with E-state index >= 15 is 0 Å². The first-order valence-electron chi connectivity index (χ1n) is 8.57. The molecule has 162 valence electrons. The van der Waals surface area contributed by atoms with Gasteiger partial charge in [-0.05, 0) is 19.1 Å². The minimum Gasteiger partial charge on any atom is -0.486 e. The monoisotopic (exact) mass is 494 g/mol. The number of aromatic nitrogens is 4. The average Bonchev–Trinajstić information content (AvgIpc) is 3.32. The molecule has 0 saturated carbocycles. The van der Waals surface area contributed by atoms with E-state index in [1.807, 2.05) is 0 Å². The third-order valence-electron chi connectivity index (χ3n) is 3.90. The maximum atomic E-state index is 13.7. The maximum absolute atomic E-state index is 13.7. The highest BCUT2D eigenvalue weighted by molar-refractivity contribution is 7.99. The number of halogens is 3. The number of benzene rings is 1. The van der Waals surface area contributed by atoms with E-state index in [0.717, 1.165) is 11.3 Å². The van der Waals surface area contributed by atoms with Gasteiger partial charge in [-0.1, -0.05) is 51.5 Å². The number of nitrogens with zero attached hydrogens (tertiary/aromatic N) is 4. The van der Waals surface area contributed by atoms with Gasteiger partial charge in [-0.3, -0.25) is 0 Å². The predicted molar refractivity (Wildman–Crippen MR) is 112 cm³/mol. The molecule has 0 radical (unpaired) electrons. The third-order valence-corrected chi connectivity index (χ3v) is 6.12. The van der Waals surface area contributed by atoms with Gasteiger partial charge in [0.05, 0.1) is 35.5 Å². The summed E-state index contributed by atoms with van der Waals surface area (Å²) >= 11 is 14.0. The zero-order valence-corrected chi connectivity index (χ0v) is 18.6. The first kappa shape index (κ1) is 23.2. The van der Waals surface area contributed by atoms with Crippen LogP contribution >= 0.6 is 46.3 Å². The number of aromatic hydroxyl groups is 1. The van der Waals surface area contributed by atoms with Crippen LogP contribution in [-0.2, 0) is 11.3 Å². The Kier molecular flexibility index (Phi) is 7.91. The highest BCUT2D eigenvalue weighted by atomic mass is 35.5. The fourth-order valence-electron chi connectivity index (χ4n) is 2.40. The van der Waals surface area contributed by atoms with Gasteiger partial charge in [0.25, 0.3) is 5.19 Å². The van der Waals surface area contributed by atoms with E-state index in [0.29, 0.717) is 16.3 Å². The predicted octanol–water partition coefficient (Wildman–Crippen LogP) is 3.43. The van der Waals surface area contributed by atoms with Crippen molar-refractivity contribution in [3.63, 3.8) is 0 Å². The quantitative estimate of drug-likeness (QED) is 0.235. The van der Waals surface area contributed by atoms with Crippen molar-refractivity contribution in [1.82, 2.24) is 20.0 Å². The van der Waals surface area contributed by atoms with Crippen LogP contribution in [-0.4, -0.2) is 59.5 Å². The van der Waals surface area contributed by atoms with E-state index in [9.17, 15) is 19.7 Å². The van der Waals surface area contributed by atoms with Gasteiger partial charge in [-0.2, -0.15) is 0 Å². The second-order valence-corrected chi connectivity index (χ2v) is 9.07. The summed E-state index contributed by atoms with van der Waals surface area (Å²) in [5, 5.41) is 38.1. The Bertz CT molecular complexity index is 981. The Morgan fingerprint density at radius 3 is 2.57 bits per heavy atom. The van der Waals surface area contributed by atoms with Gasteiger partial charge < -0.3 is 20.1 Å². The van der Waals surface area contributed by atoms with Gasteiger partial charge in [0.2, 0.25) is 0 Å². The molecule has 2 aromatic heterocycles. The molecule has 2 heterocycles. The van der Waals surface area contributed by atoms with E-state index in [1.54, 1.807) is 11.6 Å². The molecule has 0 aliphatic rings. The number of thiazole rings is 1. The molecule has 3 aromatic rings. The average molecular weight is 495 g/mol. The summed E-state index contributed by atoms with van der Waals surface area (Å²) in [5.41, 5.74) is 0.272. The number of hydrogen-bond acceptors (Lipinski definition) is 9. The molecule has 3 N–H and O–H groups in total. The number of rotatable bonds is 9. The standard InChI is InChI=1S/C17H17Cl2FN4O4S2/c1-8(26)14(6-25)28-15(30-9-2-10(18)16(20)11(19)3-9)5-24-4-12(22-23-24)13-7-29-17(27)21-13/h2-4,7-8,14-15,25-26H,5-6H2,1H3,(H,21,27)/t8-,14?,15-/m1/s1. The van der Waals surface area contributed by atoms with Crippen LogP contribution in [0.1, 0.15) is 6.92 Å². The molecular weight excluding hydrogens is 478 g/mol. The van der Waals surface area contributed by atoms with Crippen LogP contribution in [0.2, 0.25) is 10.0 Å². The van der Waals surface area contributed by atoms with Gasteiger partial charge >= 0.3 is 0 Å². The van der Waals surface area contributed by atoms with Crippen molar-refractivity contribution in [3.05, 3.63) is 39.6 Å². The first-order chi connectivity index (χ1) is 14.3. The Hall–Kier alpha value is -1.47. The van der Waals surface area contributed by atoms with Crippen molar-refractivity contribution in [3.8, 4) is 16.6 Å². The molecule has 0 aliphatic carbocycles. The minimum absolute atomic E-state index is 0.0795. The molecule has 0 fully saturated rings. The van der Waals surface area contributed by atoms with Gasteiger partial charge in [0.15, 0.2) is 5.82 Å². The van der Waals surface area contributed by atoms with Crippen molar-refractivity contribution < 1.29 is 24.4 Å². The van der Waals surface area contributed by atoms with Crippen LogP contribution in [0.3, 0.4) is 0 Å². The van der Waals surface area contributed by atoms with Gasteiger partial charge in [0, 0.05) is 10.3 Å². The van der Waals surface area contributed by atoms with E-state index in [1.165, 1.54) is 35.5 Å². The molecule has 3 atom stereocenters. The lowest BCUT2D eigenvalue weighted by atomic mass is 10.2. The SMILES string of the molecule is C[C@@H](O)C(CO)O[C@@H](Cn1cc(-c2csc(O)n2)nn1)Sc1cc(Cl)c(F)c(Cl)c1. The van der Waals surface area contributed by atoms with Crippen molar-refractivity contribution in [2.45, 2.75) is 36.0 Å². The second kappa shape index (κ2) is 10.2. The summed E-state index contributed by atoms with van der Waals surface area (Å²) in [6, 6.07) is 2.82. The summed E-state index contributed by atoms with van der Waals surface area (Å²) in [5.74, 6) is -0.718. The van der Waals surface area contributed by atoms with Gasteiger partial charge in [0.1, 0.15) is 22.9 Å². The lowest BCUT2D eigenvalue weighted by Gasteiger charge is -2.25. The Labute approximate surface area is 189 Å². The molecule has 0 saturated heterocycles. The fraction of sp³-hybridized carbons (Fsp3) is 0.353. The first-order valence-corrected chi connectivity index (χ1v) is 11.1. The van der Waals surface area contributed by atoms with Crippen LogP contribution in [0, 0.1) is 5.82 Å². The van der Waals surface area contributed by atoms with Crippen LogP contribution in [0.5, 0.6) is 5.19 Å². The number of aliphatic hydroxyl groups excluding tert-OH is 2. The van der Waals surface area contributed by atoms with Crippen LogP contribution < -0.4 is 0 Å². The normalized spacial score (nSPS) is 14.6. The zero-order chi connectivity index (χ0) is 21.8. The molecule has 0 aliphatic heterocycles. The molecule has 0 bridgehead atoms. The van der Waals surface area contributed by atoms with Gasteiger partial charge in [-0.25, -0.2) is 14.1 Å². The maximum Gasteiger partial charge on any atom is 0.271 e. The summed E-state index contributed by atoms with van der Waals surface area (Å²) in [6.07, 6.45) is -0.165. The van der Waals surface area contributed by atoms with E-state index in [2.05, 4.69) is 15.3 Å². The molecule has 1 aromatic carbocycles. The fourth-order valence-corrected chi connectivity index (χ4v) is 4.66. The molecule has 0 spiro atoms. The number of thioether (sulfide) groups is 1. The van der Waals surface area contributed by atoms with Crippen LogP contribution in [0.25, 0.3) is 11.4 Å². The molecule has 30 heavy (non-hydrogen) atoms. The minimum atomic E-state index is -0.928. The van der Waals surface area contributed by atoms with Crippen LogP contribution in [0.4, 0.5) is 4.39 Å². The zero-order valence-electron chi connectivity index (χ0n) is 15.4. The summed E-state index contributed by atoms with van der Waals surface area (Å²) in [4.78, 5) is 4.48. The lowest BCUT2D eigenvalue weighted by molar-refractivity contribution is -0.0699. The Morgan fingerprint density at radius 2 is 2.00 bits per heavy atom. The van der Waals surface area contributed by atoms with E-state index in [4.69, 9.17) is 27.9 Å². The van der Waals surface area contributed by atoms with Crippen molar-refractivity contribution in [1.29, 1.82) is 0 Å². The van der Waals surface area contributed by atoms with E-state index < -0.39 is 30.1 Å². The summed E-state index contributed by atoms with van der Waals surface area (Å²) in [6.45, 7) is 1.26. The highest BCUT2D eigenvalue weighted by Crippen LogP contribution is 2.34. The Morgan fingerprint density at radius 1 is 1.30 bits per heavy atom. The highest BCUT2D eigenvalue weighted by Gasteiger charge is 2.23. The van der Waals surface area contributed by atoms with Gasteiger partial charge in [-0.15, -0.1) is 5.10 Å². The largest absolute Gasteiger partial charge is 0.486 e. The topological polar surface area (TPSA) is 114 Å². The molecule has 8 nitrogen and oxygen atoms in total. The molecular formula is C17H17Cl2FN4O4S2.